The minimum atomic E-state index is 0.719. The van der Waals surface area contributed by atoms with Crippen LogP contribution in [0.3, 0.4) is 0 Å². The van der Waals surface area contributed by atoms with Gasteiger partial charge in [0.15, 0.2) is 0 Å². The number of rotatable bonds is 1. The maximum atomic E-state index is 6.11. The third kappa shape index (κ3) is 2.23. The van der Waals surface area contributed by atoms with Gasteiger partial charge >= 0.3 is 0 Å². The zero-order chi connectivity index (χ0) is 14.2. The second-order valence-electron chi connectivity index (χ2n) is 6.23. The van der Waals surface area contributed by atoms with Crippen LogP contribution in [-0.2, 0) is 0 Å². The Balaban J connectivity index is 1.69. The van der Waals surface area contributed by atoms with Gasteiger partial charge in [0.1, 0.15) is 0 Å². The number of anilines is 2. The summed E-state index contributed by atoms with van der Waals surface area (Å²) in [5.74, 6) is 0. The van der Waals surface area contributed by atoms with Crippen molar-refractivity contribution in [2.24, 2.45) is 0 Å². The molecule has 0 amide bonds. The van der Waals surface area contributed by atoms with Crippen LogP contribution in [0.2, 0.25) is 0 Å². The normalized spacial score (nSPS) is 23.2. The molecule has 4 rings (SSSR count). The van der Waals surface area contributed by atoms with Crippen LogP contribution in [0.5, 0.6) is 0 Å². The van der Waals surface area contributed by atoms with Gasteiger partial charge in [0, 0.05) is 60.2 Å². The van der Waals surface area contributed by atoms with Gasteiger partial charge in [0.25, 0.3) is 0 Å². The number of piperazine rings is 1. The fourth-order valence-electron chi connectivity index (χ4n) is 3.85. The fraction of sp³-hybridized carbons (Fsp3) is 0.471. The third-order valence-corrected chi connectivity index (χ3v) is 5.01. The summed E-state index contributed by atoms with van der Waals surface area (Å²) in [6.45, 7) is 4.69. The highest BCUT2D eigenvalue weighted by molar-refractivity contribution is 6.00. The molecule has 0 aliphatic carbocycles. The number of nitrogen functional groups attached to an aromatic ring is 1. The van der Waals surface area contributed by atoms with E-state index in [0.717, 1.165) is 30.2 Å². The lowest BCUT2D eigenvalue weighted by Crippen LogP contribution is -2.54. The lowest BCUT2D eigenvalue weighted by molar-refractivity contribution is 0.133. The molecule has 4 nitrogen and oxygen atoms in total. The predicted molar refractivity (Wildman–Crippen MR) is 87.6 cm³/mol. The van der Waals surface area contributed by atoms with Crippen LogP contribution in [0.1, 0.15) is 19.3 Å². The smallest absolute Gasteiger partial charge is 0.0464 e. The van der Waals surface area contributed by atoms with Gasteiger partial charge in [-0.25, -0.2) is 0 Å². The van der Waals surface area contributed by atoms with Gasteiger partial charge in [-0.1, -0.05) is 6.42 Å². The van der Waals surface area contributed by atoms with Crippen molar-refractivity contribution in [3.63, 3.8) is 0 Å². The lowest BCUT2D eigenvalue weighted by Gasteiger charge is -2.45. The highest BCUT2D eigenvalue weighted by atomic mass is 15.3. The van der Waals surface area contributed by atoms with E-state index in [-0.39, 0.29) is 0 Å². The molecule has 2 N–H and O–H groups in total. The van der Waals surface area contributed by atoms with Crippen LogP contribution in [0, 0.1) is 0 Å². The summed E-state index contributed by atoms with van der Waals surface area (Å²) in [6, 6.07) is 6.94. The number of piperidine rings is 1. The van der Waals surface area contributed by atoms with Gasteiger partial charge in [-0.05, 0) is 37.6 Å². The molecule has 0 saturated carbocycles. The first-order chi connectivity index (χ1) is 10.3. The van der Waals surface area contributed by atoms with E-state index in [1.165, 1.54) is 43.4 Å². The van der Waals surface area contributed by atoms with Gasteiger partial charge in [-0.2, -0.15) is 0 Å². The summed E-state index contributed by atoms with van der Waals surface area (Å²) in [4.78, 5) is 9.49. The fourth-order valence-corrected chi connectivity index (χ4v) is 3.85. The maximum Gasteiger partial charge on any atom is 0.0464 e. The molecule has 4 heteroatoms. The number of aromatic nitrogens is 1. The van der Waals surface area contributed by atoms with Crippen molar-refractivity contribution in [2.75, 3.05) is 36.8 Å². The highest BCUT2D eigenvalue weighted by Crippen LogP contribution is 2.32. The van der Waals surface area contributed by atoms with E-state index in [9.17, 15) is 0 Å². The molecule has 0 bridgehead atoms. The Labute approximate surface area is 125 Å². The molecule has 2 aliphatic rings. The summed E-state index contributed by atoms with van der Waals surface area (Å²) in [7, 11) is 0. The van der Waals surface area contributed by atoms with E-state index in [1.807, 2.05) is 24.5 Å². The highest BCUT2D eigenvalue weighted by Gasteiger charge is 2.29. The van der Waals surface area contributed by atoms with Gasteiger partial charge in [-0.15, -0.1) is 0 Å². The maximum absolute atomic E-state index is 6.11. The third-order valence-electron chi connectivity index (χ3n) is 5.01. The van der Waals surface area contributed by atoms with Crippen LogP contribution in [0.4, 0.5) is 11.4 Å². The molecule has 1 atom stereocenters. The number of nitrogens with two attached hydrogens (primary N) is 1. The standard InChI is InChI=1S/C17H22N4/c18-16-4-5-17(15-11-19-7-6-14(15)16)21-10-9-20-8-2-1-3-13(20)12-21/h4-7,11,13H,1-3,8-10,12,18H2. The molecule has 2 saturated heterocycles. The lowest BCUT2D eigenvalue weighted by atomic mass is 9.98. The molecule has 2 aliphatic heterocycles. The van der Waals surface area contributed by atoms with Crippen LogP contribution >= 0.6 is 0 Å². The molecule has 3 heterocycles. The van der Waals surface area contributed by atoms with E-state index in [0.29, 0.717) is 0 Å². The monoisotopic (exact) mass is 282 g/mol. The van der Waals surface area contributed by atoms with Crippen LogP contribution < -0.4 is 10.6 Å². The summed E-state index contributed by atoms with van der Waals surface area (Å²) in [5, 5.41) is 2.30. The molecule has 1 aromatic heterocycles. The first-order valence-electron chi connectivity index (χ1n) is 7.94. The quantitative estimate of drug-likeness (QED) is 0.816. The zero-order valence-electron chi connectivity index (χ0n) is 12.3. The molecule has 2 aromatic rings. The SMILES string of the molecule is Nc1ccc(N2CCN3CCCCC3C2)c2cnccc12. The topological polar surface area (TPSA) is 45.4 Å². The van der Waals surface area contributed by atoms with Crippen LogP contribution in [-0.4, -0.2) is 42.1 Å². The van der Waals surface area contributed by atoms with Gasteiger partial charge in [0.05, 0.1) is 0 Å². The van der Waals surface area contributed by atoms with E-state index >= 15 is 0 Å². The second kappa shape index (κ2) is 5.19. The number of nitrogens with zero attached hydrogens (tertiary/aromatic N) is 3. The van der Waals surface area contributed by atoms with Crippen molar-refractivity contribution < 1.29 is 0 Å². The Morgan fingerprint density at radius 3 is 2.95 bits per heavy atom. The predicted octanol–water partition coefficient (Wildman–Crippen LogP) is 2.49. The van der Waals surface area contributed by atoms with Crippen LogP contribution in [0.25, 0.3) is 10.8 Å². The number of hydrogen-bond acceptors (Lipinski definition) is 4. The van der Waals surface area contributed by atoms with E-state index in [1.54, 1.807) is 0 Å². The van der Waals surface area contributed by atoms with Gasteiger partial charge in [0.2, 0.25) is 0 Å². The molecule has 1 unspecified atom stereocenters. The summed E-state index contributed by atoms with van der Waals surface area (Å²) in [5.41, 5.74) is 8.24. The van der Waals surface area contributed by atoms with E-state index < -0.39 is 0 Å². The van der Waals surface area contributed by atoms with Crippen molar-refractivity contribution in [3.8, 4) is 0 Å². The molecular weight excluding hydrogens is 260 g/mol. The average molecular weight is 282 g/mol. The van der Waals surface area contributed by atoms with E-state index in [2.05, 4.69) is 20.9 Å². The molecule has 110 valence electrons. The molecule has 21 heavy (non-hydrogen) atoms. The number of pyridine rings is 1. The molecule has 2 fully saturated rings. The average Bonchev–Trinajstić information content (AvgIpc) is 2.55. The number of hydrogen-bond donors (Lipinski definition) is 1. The summed E-state index contributed by atoms with van der Waals surface area (Å²) >= 11 is 0. The van der Waals surface area contributed by atoms with Crippen molar-refractivity contribution in [1.82, 2.24) is 9.88 Å². The summed E-state index contributed by atoms with van der Waals surface area (Å²) < 4.78 is 0. The van der Waals surface area contributed by atoms with Crippen molar-refractivity contribution in [2.45, 2.75) is 25.3 Å². The van der Waals surface area contributed by atoms with Gasteiger partial charge in [-0.3, -0.25) is 9.88 Å². The van der Waals surface area contributed by atoms with Crippen LogP contribution in [0.15, 0.2) is 30.6 Å². The molecule has 1 aromatic carbocycles. The molecule has 0 radical (unpaired) electrons. The van der Waals surface area contributed by atoms with E-state index in [4.69, 9.17) is 5.73 Å². The van der Waals surface area contributed by atoms with Crippen molar-refractivity contribution in [3.05, 3.63) is 30.6 Å². The molecular formula is C17H22N4. The first-order valence-corrected chi connectivity index (χ1v) is 7.94. The van der Waals surface area contributed by atoms with Crippen molar-refractivity contribution >= 4 is 22.1 Å². The Kier molecular flexibility index (Phi) is 3.19. The van der Waals surface area contributed by atoms with Gasteiger partial charge < -0.3 is 10.6 Å². The number of benzene rings is 1. The molecule has 0 spiro atoms. The Morgan fingerprint density at radius 2 is 2.00 bits per heavy atom. The Bertz CT molecular complexity index is 654. The largest absolute Gasteiger partial charge is 0.398 e. The minimum Gasteiger partial charge on any atom is -0.398 e. The Hall–Kier alpha value is -1.81. The zero-order valence-corrected chi connectivity index (χ0v) is 12.3. The first kappa shape index (κ1) is 12.9. The Morgan fingerprint density at radius 1 is 1.05 bits per heavy atom. The minimum absolute atomic E-state index is 0.719. The summed E-state index contributed by atoms with van der Waals surface area (Å²) in [6.07, 6.45) is 7.85. The van der Waals surface area contributed by atoms with Crippen molar-refractivity contribution in [1.29, 1.82) is 0 Å². The second-order valence-corrected chi connectivity index (χ2v) is 6.23. The number of fused-ring (bicyclic) bond motifs is 2.